The highest BCUT2D eigenvalue weighted by Gasteiger charge is 2.30. The quantitative estimate of drug-likeness (QED) is 0.763. The van der Waals surface area contributed by atoms with Gasteiger partial charge in [-0.1, -0.05) is 26.8 Å². The summed E-state index contributed by atoms with van der Waals surface area (Å²) in [6.45, 7) is 7.31. The lowest BCUT2D eigenvalue weighted by Crippen LogP contribution is -2.26. The van der Waals surface area contributed by atoms with Gasteiger partial charge in [-0.3, -0.25) is 9.20 Å². The Morgan fingerprint density at radius 1 is 1.35 bits per heavy atom. The second kappa shape index (κ2) is 6.50. The number of nitrogens with zero attached hydrogens (tertiary/aromatic N) is 3. The first kappa shape index (κ1) is 17.2. The van der Waals surface area contributed by atoms with E-state index in [-0.39, 0.29) is 5.91 Å². The fourth-order valence-electron chi connectivity index (χ4n) is 3.63. The van der Waals surface area contributed by atoms with Crippen molar-refractivity contribution in [2.45, 2.75) is 46.6 Å². The Balaban J connectivity index is 1.46. The van der Waals surface area contributed by atoms with Crippen LogP contribution in [0.15, 0.2) is 30.5 Å². The average Bonchev–Trinajstić information content (AvgIpc) is 3.22. The number of carbonyl (C=O) groups is 1. The van der Waals surface area contributed by atoms with Crippen LogP contribution in [0.25, 0.3) is 5.65 Å². The molecule has 4 rings (SSSR count). The van der Waals surface area contributed by atoms with Crippen molar-refractivity contribution in [2.75, 3.05) is 0 Å². The minimum absolute atomic E-state index is 0.0237. The fraction of sp³-hybridized carbons (Fsp3) is 0.450. The van der Waals surface area contributed by atoms with Gasteiger partial charge < -0.3 is 5.32 Å². The molecule has 0 bridgehead atoms. The third-order valence-electron chi connectivity index (χ3n) is 5.32. The zero-order valence-electron chi connectivity index (χ0n) is 15.5. The smallest absolute Gasteiger partial charge is 0.261 e. The van der Waals surface area contributed by atoms with Crippen molar-refractivity contribution < 1.29 is 4.79 Å². The van der Waals surface area contributed by atoms with Crippen molar-refractivity contribution in [1.82, 2.24) is 19.9 Å². The molecule has 0 saturated carbocycles. The topological polar surface area (TPSA) is 59.3 Å². The van der Waals surface area contributed by atoms with Crippen LogP contribution in [0, 0.1) is 11.3 Å². The lowest BCUT2D eigenvalue weighted by Gasteiger charge is -2.33. The Morgan fingerprint density at radius 3 is 3.00 bits per heavy atom. The molecule has 1 aliphatic carbocycles. The van der Waals surface area contributed by atoms with Gasteiger partial charge in [-0.2, -0.15) is 0 Å². The van der Waals surface area contributed by atoms with E-state index in [2.05, 4.69) is 42.4 Å². The molecule has 1 amide bonds. The average molecular weight is 369 g/mol. The molecule has 0 saturated heterocycles. The molecule has 0 radical (unpaired) electrons. The maximum atomic E-state index is 12.6. The molecule has 26 heavy (non-hydrogen) atoms. The van der Waals surface area contributed by atoms with Gasteiger partial charge in [-0.15, -0.1) is 21.5 Å². The number of thiophene rings is 1. The second-order valence-electron chi connectivity index (χ2n) is 8.09. The predicted octanol–water partition coefficient (Wildman–Crippen LogP) is 3.87. The largest absolute Gasteiger partial charge is 0.344 e. The molecule has 1 unspecified atom stereocenters. The van der Waals surface area contributed by atoms with Gasteiger partial charge in [-0.05, 0) is 54.4 Å². The Bertz CT molecular complexity index is 950. The number of carbonyl (C=O) groups excluding carboxylic acids is 1. The van der Waals surface area contributed by atoms with Crippen molar-refractivity contribution in [2.24, 2.45) is 11.3 Å². The lowest BCUT2D eigenvalue weighted by atomic mass is 9.72. The van der Waals surface area contributed by atoms with Gasteiger partial charge in [0, 0.05) is 11.1 Å². The zero-order valence-corrected chi connectivity index (χ0v) is 16.3. The molecular formula is C20H24N4OS. The molecular weight excluding hydrogens is 344 g/mol. The molecule has 1 N–H and O–H groups in total. The van der Waals surface area contributed by atoms with Crippen molar-refractivity contribution in [3.8, 4) is 0 Å². The number of hydrogen-bond acceptors (Lipinski definition) is 4. The van der Waals surface area contributed by atoms with Gasteiger partial charge in [-0.25, -0.2) is 0 Å². The van der Waals surface area contributed by atoms with Gasteiger partial charge in [0.05, 0.1) is 11.4 Å². The molecule has 1 atom stereocenters. The predicted molar refractivity (Wildman–Crippen MR) is 103 cm³/mol. The van der Waals surface area contributed by atoms with E-state index in [0.29, 0.717) is 17.9 Å². The standard InChI is InChI=1S/C20H24N4OS/c1-20(2,3)14-7-8-15-13(10-14)11-16(26-15)19(25)21-12-18-23-22-17-6-4-5-9-24(17)18/h4-6,9,11,14H,7-8,10,12H2,1-3H3,(H,21,25). The van der Waals surface area contributed by atoms with E-state index in [1.807, 2.05) is 28.8 Å². The van der Waals surface area contributed by atoms with Gasteiger partial charge >= 0.3 is 0 Å². The summed E-state index contributed by atoms with van der Waals surface area (Å²) in [5.74, 6) is 1.40. The highest BCUT2D eigenvalue weighted by Crippen LogP contribution is 2.40. The summed E-state index contributed by atoms with van der Waals surface area (Å²) in [7, 11) is 0. The summed E-state index contributed by atoms with van der Waals surface area (Å²) in [5.41, 5.74) is 2.47. The van der Waals surface area contributed by atoms with Crippen LogP contribution in [0.3, 0.4) is 0 Å². The van der Waals surface area contributed by atoms with Gasteiger partial charge in [0.1, 0.15) is 0 Å². The van der Waals surface area contributed by atoms with Crippen LogP contribution in [-0.2, 0) is 19.4 Å². The molecule has 3 aromatic heterocycles. The first-order valence-corrected chi connectivity index (χ1v) is 9.92. The van der Waals surface area contributed by atoms with Crippen molar-refractivity contribution in [1.29, 1.82) is 0 Å². The van der Waals surface area contributed by atoms with E-state index in [0.717, 1.165) is 29.2 Å². The Morgan fingerprint density at radius 2 is 2.19 bits per heavy atom. The van der Waals surface area contributed by atoms with Gasteiger partial charge in [0.25, 0.3) is 5.91 Å². The molecule has 1 aliphatic rings. The maximum Gasteiger partial charge on any atom is 0.261 e. The Hall–Kier alpha value is -2.21. The van der Waals surface area contributed by atoms with Crippen LogP contribution in [0.2, 0.25) is 0 Å². The molecule has 0 fully saturated rings. The van der Waals surface area contributed by atoms with E-state index >= 15 is 0 Å². The number of fused-ring (bicyclic) bond motifs is 2. The van der Waals surface area contributed by atoms with E-state index in [9.17, 15) is 4.79 Å². The molecule has 0 aliphatic heterocycles. The van der Waals surface area contributed by atoms with E-state index < -0.39 is 0 Å². The van der Waals surface area contributed by atoms with E-state index in [1.54, 1.807) is 11.3 Å². The first-order chi connectivity index (χ1) is 12.4. The summed E-state index contributed by atoms with van der Waals surface area (Å²) in [4.78, 5) is 14.8. The van der Waals surface area contributed by atoms with Crippen LogP contribution < -0.4 is 5.32 Å². The molecule has 3 aromatic rings. The summed E-state index contributed by atoms with van der Waals surface area (Å²) < 4.78 is 1.90. The number of nitrogens with one attached hydrogen (secondary N) is 1. The highest BCUT2D eigenvalue weighted by atomic mass is 32.1. The third-order valence-corrected chi connectivity index (χ3v) is 6.56. The Labute approximate surface area is 157 Å². The van der Waals surface area contributed by atoms with Crippen LogP contribution in [0.5, 0.6) is 0 Å². The molecule has 6 heteroatoms. The summed E-state index contributed by atoms with van der Waals surface area (Å²) >= 11 is 1.64. The number of aryl methyl sites for hydroxylation is 1. The molecule has 3 heterocycles. The van der Waals surface area contributed by atoms with Crippen LogP contribution in [0.4, 0.5) is 0 Å². The van der Waals surface area contributed by atoms with Gasteiger partial charge in [0.2, 0.25) is 0 Å². The second-order valence-corrected chi connectivity index (χ2v) is 9.23. The number of hydrogen-bond donors (Lipinski definition) is 1. The van der Waals surface area contributed by atoms with Crippen LogP contribution in [0.1, 0.15) is 53.1 Å². The molecule has 136 valence electrons. The summed E-state index contributed by atoms with van der Waals surface area (Å²) in [6, 6.07) is 7.85. The maximum absolute atomic E-state index is 12.6. The first-order valence-electron chi connectivity index (χ1n) is 9.10. The number of pyridine rings is 1. The van der Waals surface area contributed by atoms with E-state index in [4.69, 9.17) is 0 Å². The highest BCUT2D eigenvalue weighted by molar-refractivity contribution is 7.14. The Kier molecular flexibility index (Phi) is 4.31. The third kappa shape index (κ3) is 3.26. The molecule has 0 aromatic carbocycles. The summed E-state index contributed by atoms with van der Waals surface area (Å²) in [6.07, 6.45) is 5.29. The minimum Gasteiger partial charge on any atom is -0.344 e. The molecule has 0 spiro atoms. The SMILES string of the molecule is CC(C)(C)C1CCc2sc(C(=O)NCc3nnc4ccccn34)cc2C1. The van der Waals surface area contributed by atoms with E-state index in [1.165, 1.54) is 16.9 Å². The fourth-order valence-corrected chi connectivity index (χ4v) is 4.76. The number of rotatable bonds is 3. The number of amides is 1. The normalized spacial score (nSPS) is 17.3. The number of aromatic nitrogens is 3. The van der Waals surface area contributed by atoms with Crippen LogP contribution in [-0.4, -0.2) is 20.5 Å². The summed E-state index contributed by atoms with van der Waals surface area (Å²) in [5, 5.41) is 11.3. The monoisotopic (exact) mass is 368 g/mol. The lowest BCUT2D eigenvalue weighted by molar-refractivity contribution is 0.0953. The minimum atomic E-state index is -0.0237. The van der Waals surface area contributed by atoms with Crippen LogP contribution >= 0.6 is 11.3 Å². The molecule has 5 nitrogen and oxygen atoms in total. The van der Waals surface area contributed by atoms with Crippen molar-refractivity contribution >= 4 is 22.9 Å². The van der Waals surface area contributed by atoms with Crippen molar-refractivity contribution in [3.05, 3.63) is 51.6 Å². The van der Waals surface area contributed by atoms with Gasteiger partial charge in [0.15, 0.2) is 11.5 Å². The zero-order chi connectivity index (χ0) is 18.3. The van der Waals surface area contributed by atoms with Crippen molar-refractivity contribution in [3.63, 3.8) is 0 Å².